The van der Waals surface area contributed by atoms with Gasteiger partial charge in [-0.05, 0) is 24.3 Å². The fraction of sp³-hybridized carbons (Fsp3) is 0.0588. The van der Waals surface area contributed by atoms with Gasteiger partial charge in [0.2, 0.25) is 0 Å². The molecule has 21 heavy (non-hydrogen) atoms. The van der Waals surface area contributed by atoms with Crippen LogP contribution in [-0.2, 0) is 0 Å². The number of pyridine rings is 1. The number of fused-ring (bicyclic) bond motifs is 1. The highest BCUT2D eigenvalue weighted by atomic mass is 16.4. The van der Waals surface area contributed by atoms with E-state index in [2.05, 4.69) is 4.98 Å². The number of carboxylic acid groups (broad SMARTS) is 1. The third-order valence-corrected chi connectivity index (χ3v) is 3.42. The Morgan fingerprint density at radius 3 is 2.43 bits per heavy atom. The third kappa shape index (κ3) is 2.43. The van der Waals surface area contributed by atoms with Gasteiger partial charge in [-0.25, -0.2) is 9.78 Å². The molecule has 0 fully saturated rings. The van der Waals surface area contributed by atoms with Crippen molar-refractivity contribution in [3.63, 3.8) is 0 Å². The Labute approximate surface area is 122 Å². The lowest BCUT2D eigenvalue weighted by atomic mass is 10.1. The quantitative estimate of drug-likeness (QED) is 0.793. The molecule has 0 unspecified atom stereocenters. The summed E-state index contributed by atoms with van der Waals surface area (Å²) in [5.74, 6) is -1.02. The number of para-hydroxylation sites is 2. The van der Waals surface area contributed by atoms with Gasteiger partial charge in [0.25, 0.3) is 0 Å². The molecular formula is C17H14N2O2. The summed E-state index contributed by atoms with van der Waals surface area (Å²) in [5, 5.41) is 10.2. The van der Waals surface area contributed by atoms with Gasteiger partial charge >= 0.3 is 5.97 Å². The molecule has 0 aliphatic heterocycles. The van der Waals surface area contributed by atoms with E-state index in [1.807, 2.05) is 66.5 Å². The molecule has 1 heterocycles. The summed E-state index contributed by atoms with van der Waals surface area (Å²) in [4.78, 5) is 17.4. The van der Waals surface area contributed by atoms with Gasteiger partial charge in [0, 0.05) is 18.1 Å². The molecule has 2 aromatic carbocycles. The van der Waals surface area contributed by atoms with Crippen molar-refractivity contribution in [1.82, 2.24) is 4.98 Å². The zero-order valence-electron chi connectivity index (χ0n) is 11.5. The predicted octanol–water partition coefficient (Wildman–Crippen LogP) is 3.70. The van der Waals surface area contributed by atoms with Crippen molar-refractivity contribution in [2.75, 3.05) is 11.9 Å². The molecule has 0 radical (unpaired) electrons. The van der Waals surface area contributed by atoms with E-state index in [-0.39, 0.29) is 5.69 Å². The average molecular weight is 278 g/mol. The fourth-order valence-electron chi connectivity index (χ4n) is 2.33. The van der Waals surface area contributed by atoms with Crippen LogP contribution in [0.25, 0.3) is 10.9 Å². The molecule has 3 rings (SSSR count). The summed E-state index contributed by atoms with van der Waals surface area (Å²) in [5.41, 5.74) is 2.54. The number of benzene rings is 2. The van der Waals surface area contributed by atoms with Crippen molar-refractivity contribution >= 4 is 28.2 Å². The van der Waals surface area contributed by atoms with Gasteiger partial charge in [-0.15, -0.1) is 0 Å². The summed E-state index contributed by atoms with van der Waals surface area (Å²) in [6.45, 7) is 0. The first-order chi connectivity index (χ1) is 10.2. The Morgan fingerprint density at radius 2 is 1.71 bits per heavy atom. The molecule has 3 aromatic rings. The lowest BCUT2D eigenvalue weighted by molar-refractivity contribution is 0.0691. The van der Waals surface area contributed by atoms with Gasteiger partial charge in [0.1, 0.15) is 0 Å². The van der Waals surface area contributed by atoms with Crippen LogP contribution in [0, 0.1) is 0 Å². The summed E-state index contributed by atoms with van der Waals surface area (Å²) in [7, 11) is 1.92. The zero-order chi connectivity index (χ0) is 14.8. The minimum Gasteiger partial charge on any atom is -0.477 e. The predicted molar refractivity (Wildman–Crippen MR) is 83.2 cm³/mol. The monoisotopic (exact) mass is 278 g/mol. The van der Waals surface area contributed by atoms with E-state index in [9.17, 15) is 9.90 Å². The van der Waals surface area contributed by atoms with Gasteiger partial charge in [0.15, 0.2) is 5.69 Å². The number of nitrogens with zero attached hydrogens (tertiary/aromatic N) is 2. The molecule has 4 heteroatoms. The number of rotatable bonds is 3. The van der Waals surface area contributed by atoms with Crippen LogP contribution in [0.4, 0.5) is 11.4 Å². The molecule has 0 aliphatic carbocycles. The molecule has 0 saturated carbocycles. The van der Waals surface area contributed by atoms with Crippen molar-refractivity contribution in [2.24, 2.45) is 0 Å². The second kappa shape index (κ2) is 5.25. The minimum atomic E-state index is -1.02. The molecule has 0 saturated heterocycles. The highest BCUT2D eigenvalue weighted by molar-refractivity contribution is 5.98. The number of carbonyl (C=O) groups is 1. The third-order valence-electron chi connectivity index (χ3n) is 3.42. The van der Waals surface area contributed by atoms with Crippen LogP contribution in [0.3, 0.4) is 0 Å². The molecule has 1 aromatic heterocycles. The number of aromatic carboxylic acids is 1. The Hall–Kier alpha value is -2.88. The van der Waals surface area contributed by atoms with Crippen LogP contribution < -0.4 is 4.90 Å². The Balaban J connectivity index is 2.23. The van der Waals surface area contributed by atoms with E-state index in [0.29, 0.717) is 5.52 Å². The molecule has 0 spiro atoms. The first-order valence-electron chi connectivity index (χ1n) is 6.58. The van der Waals surface area contributed by atoms with Crippen LogP contribution in [0.5, 0.6) is 0 Å². The van der Waals surface area contributed by atoms with E-state index in [4.69, 9.17) is 0 Å². The van der Waals surface area contributed by atoms with Crippen molar-refractivity contribution in [2.45, 2.75) is 0 Å². The molecule has 1 N–H and O–H groups in total. The highest BCUT2D eigenvalue weighted by Crippen LogP contribution is 2.30. The van der Waals surface area contributed by atoms with Gasteiger partial charge in [-0.2, -0.15) is 0 Å². The fourth-order valence-corrected chi connectivity index (χ4v) is 2.33. The SMILES string of the molecule is CN(c1ccccc1)c1cc(C(=O)O)nc2ccccc12. The Kier molecular flexibility index (Phi) is 3.28. The van der Waals surface area contributed by atoms with Crippen LogP contribution in [0.1, 0.15) is 10.5 Å². The normalized spacial score (nSPS) is 10.5. The standard InChI is InChI=1S/C17H14N2O2/c1-19(12-7-3-2-4-8-12)16-11-15(17(20)21)18-14-10-6-5-9-13(14)16/h2-11H,1H3,(H,20,21). The number of hydrogen-bond donors (Lipinski definition) is 1. The van der Waals surface area contributed by atoms with E-state index in [1.165, 1.54) is 0 Å². The number of carboxylic acids is 1. The molecule has 4 nitrogen and oxygen atoms in total. The maximum atomic E-state index is 11.3. The molecule has 0 atom stereocenters. The lowest BCUT2D eigenvalue weighted by Crippen LogP contribution is -2.12. The summed E-state index contributed by atoms with van der Waals surface area (Å²) in [6.07, 6.45) is 0. The van der Waals surface area contributed by atoms with Crippen molar-refractivity contribution in [1.29, 1.82) is 0 Å². The number of aromatic nitrogens is 1. The lowest BCUT2D eigenvalue weighted by Gasteiger charge is -2.21. The van der Waals surface area contributed by atoms with Crippen LogP contribution in [0.2, 0.25) is 0 Å². The van der Waals surface area contributed by atoms with Gasteiger partial charge in [0.05, 0.1) is 11.2 Å². The molecular weight excluding hydrogens is 264 g/mol. The van der Waals surface area contributed by atoms with E-state index in [0.717, 1.165) is 16.8 Å². The largest absolute Gasteiger partial charge is 0.477 e. The number of anilines is 2. The molecule has 104 valence electrons. The second-order valence-corrected chi connectivity index (χ2v) is 4.74. The smallest absolute Gasteiger partial charge is 0.354 e. The maximum absolute atomic E-state index is 11.3. The molecule has 0 amide bonds. The minimum absolute atomic E-state index is 0.0477. The summed E-state index contributed by atoms with van der Waals surface area (Å²) < 4.78 is 0. The number of hydrogen-bond acceptors (Lipinski definition) is 3. The van der Waals surface area contributed by atoms with Crippen molar-refractivity contribution < 1.29 is 9.90 Å². The zero-order valence-corrected chi connectivity index (χ0v) is 11.5. The summed E-state index contributed by atoms with van der Waals surface area (Å²) >= 11 is 0. The van der Waals surface area contributed by atoms with Gasteiger partial charge < -0.3 is 10.0 Å². The first kappa shape index (κ1) is 13.1. The highest BCUT2D eigenvalue weighted by Gasteiger charge is 2.14. The van der Waals surface area contributed by atoms with E-state index < -0.39 is 5.97 Å². The van der Waals surface area contributed by atoms with E-state index >= 15 is 0 Å². The van der Waals surface area contributed by atoms with Crippen molar-refractivity contribution in [3.05, 3.63) is 66.4 Å². The van der Waals surface area contributed by atoms with Crippen LogP contribution in [0.15, 0.2) is 60.7 Å². The molecule has 0 aliphatic rings. The van der Waals surface area contributed by atoms with Crippen molar-refractivity contribution in [3.8, 4) is 0 Å². The maximum Gasteiger partial charge on any atom is 0.354 e. The topological polar surface area (TPSA) is 53.4 Å². The van der Waals surface area contributed by atoms with E-state index in [1.54, 1.807) is 6.07 Å². The van der Waals surface area contributed by atoms with Crippen LogP contribution in [-0.4, -0.2) is 23.1 Å². The first-order valence-corrected chi connectivity index (χ1v) is 6.58. The second-order valence-electron chi connectivity index (χ2n) is 4.74. The Bertz CT molecular complexity index is 800. The van der Waals surface area contributed by atoms with Gasteiger partial charge in [-0.3, -0.25) is 0 Å². The molecule has 0 bridgehead atoms. The van der Waals surface area contributed by atoms with Crippen LogP contribution >= 0.6 is 0 Å². The van der Waals surface area contributed by atoms with Gasteiger partial charge in [-0.1, -0.05) is 36.4 Å². The Morgan fingerprint density at radius 1 is 1.05 bits per heavy atom. The summed E-state index contributed by atoms with van der Waals surface area (Å²) in [6, 6.07) is 19.0. The average Bonchev–Trinajstić information content (AvgIpc) is 2.54.